The Kier molecular flexibility index (Phi) is 6.85. The third kappa shape index (κ3) is 5.72. The highest BCUT2D eigenvalue weighted by molar-refractivity contribution is 7.92. The molecule has 6 nitrogen and oxygen atoms in total. The van der Waals surface area contributed by atoms with Gasteiger partial charge in [0.1, 0.15) is 12.3 Å². The largest absolute Gasteiger partial charge is 0.497 e. The molecule has 0 saturated heterocycles. The average Bonchev–Trinajstić information content (AvgIpc) is 2.60. The molecule has 146 valence electrons. The summed E-state index contributed by atoms with van der Waals surface area (Å²) in [5, 5.41) is 2.79. The molecule has 0 heterocycles. The fraction of sp³-hybridized carbons (Fsp3) is 0.350. The monoisotopic (exact) mass is 390 g/mol. The third-order valence-electron chi connectivity index (χ3n) is 4.27. The Hall–Kier alpha value is -2.54. The topological polar surface area (TPSA) is 75.7 Å². The number of ether oxygens (including phenoxy) is 1. The van der Waals surface area contributed by atoms with Crippen LogP contribution in [0.4, 0.5) is 5.69 Å². The molecule has 0 spiro atoms. The molecule has 7 heteroatoms. The van der Waals surface area contributed by atoms with Crippen molar-refractivity contribution in [3.8, 4) is 5.75 Å². The van der Waals surface area contributed by atoms with Crippen LogP contribution >= 0.6 is 0 Å². The van der Waals surface area contributed by atoms with Gasteiger partial charge in [-0.1, -0.05) is 30.3 Å². The average molecular weight is 391 g/mol. The van der Waals surface area contributed by atoms with Gasteiger partial charge < -0.3 is 10.1 Å². The molecular formula is C20H26N2O4S. The molecule has 0 radical (unpaired) electrons. The van der Waals surface area contributed by atoms with E-state index in [0.29, 0.717) is 18.7 Å². The molecule has 2 rings (SSSR count). The first-order valence-electron chi connectivity index (χ1n) is 8.66. The molecule has 0 aliphatic rings. The Bertz CT molecular complexity index is 872. The number of nitrogens with one attached hydrogen (secondary N) is 1. The number of carbonyl (C=O) groups is 1. The molecule has 0 saturated carbocycles. The standard InChI is InChI=1S/C20H26N2O4S/c1-15-6-5-7-16(2)20(15)22(27(4,24)25)14-19(23)21-13-12-17-8-10-18(26-3)11-9-17/h5-11H,12-14H2,1-4H3,(H,21,23). The summed E-state index contributed by atoms with van der Waals surface area (Å²) in [6.07, 6.45) is 1.77. The van der Waals surface area contributed by atoms with Gasteiger partial charge in [0.05, 0.1) is 19.1 Å². The second-order valence-corrected chi connectivity index (χ2v) is 8.36. The van der Waals surface area contributed by atoms with Crippen molar-refractivity contribution < 1.29 is 17.9 Å². The van der Waals surface area contributed by atoms with Crippen molar-refractivity contribution in [1.29, 1.82) is 0 Å². The van der Waals surface area contributed by atoms with Gasteiger partial charge in [-0.3, -0.25) is 9.10 Å². The molecule has 27 heavy (non-hydrogen) atoms. The molecule has 0 aliphatic carbocycles. The number of carbonyl (C=O) groups excluding carboxylic acids is 1. The smallest absolute Gasteiger partial charge is 0.240 e. The van der Waals surface area contributed by atoms with Crippen LogP contribution in [-0.4, -0.2) is 40.8 Å². The molecule has 1 amide bonds. The van der Waals surface area contributed by atoms with Crippen LogP contribution in [0, 0.1) is 13.8 Å². The number of hydrogen-bond acceptors (Lipinski definition) is 4. The van der Waals surface area contributed by atoms with Crippen molar-refractivity contribution in [2.45, 2.75) is 20.3 Å². The predicted molar refractivity (Wildman–Crippen MR) is 108 cm³/mol. The summed E-state index contributed by atoms with van der Waals surface area (Å²) in [6, 6.07) is 13.1. The van der Waals surface area contributed by atoms with Gasteiger partial charge in [0.15, 0.2) is 0 Å². The highest BCUT2D eigenvalue weighted by atomic mass is 32.2. The molecular weight excluding hydrogens is 364 g/mol. The third-order valence-corrected chi connectivity index (χ3v) is 5.38. The summed E-state index contributed by atoms with van der Waals surface area (Å²) < 4.78 is 30.8. The number of anilines is 1. The van der Waals surface area contributed by atoms with Crippen LogP contribution in [0.2, 0.25) is 0 Å². The number of sulfonamides is 1. The first kappa shape index (κ1) is 20.8. The Morgan fingerprint density at radius 3 is 2.19 bits per heavy atom. The van der Waals surface area contributed by atoms with E-state index in [0.717, 1.165) is 28.7 Å². The summed E-state index contributed by atoms with van der Waals surface area (Å²) >= 11 is 0. The minimum absolute atomic E-state index is 0.243. The van der Waals surface area contributed by atoms with E-state index >= 15 is 0 Å². The fourth-order valence-corrected chi connectivity index (χ4v) is 3.86. The summed E-state index contributed by atoms with van der Waals surface area (Å²) in [5.74, 6) is 0.441. The summed E-state index contributed by atoms with van der Waals surface area (Å²) in [5.41, 5.74) is 3.24. The highest BCUT2D eigenvalue weighted by Gasteiger charge is 2.23. The molecule has 0 bridgehead atoms. The lowest BCUT2D eigenvalue weighted by molar-refractivity contribution is -0.119. The Labute approximate surface area is 161 Å². The van der Waals surface area contributed by atoms with Gasteiger partial charge in [-0.25, -0.2) is 8.42 Å². The molecule has 0 atom stereocenters. The van der Waals surface area contributed by atoms with Crippen molar-refractivity contribution >= 4 is 21.6 Å². The summed E-state index contributed by atoms with van der Waals surface area (Å²) in [6.45, 7) is 3.85. The van der Waals surface area contributed by atoms with Gasteiger partial charge in [0.25, 0.3) is 0 Å². The summed E-state index contributed by atoms with van der Waals surface area (Å²) in [7, 11) is -1.97. The fourth-order valence-electron chi connectivity index (χ4n) is 2.89. The number of hydrogen-bond donors (Lipinski definition) is 1. The van der Waals surface area contributed by atoms with Gasteiger partial charge >= 0.3 is 0 Å². The molecule has 0 aromatic heterocycles. The first-order valence-corrected chi connectivity index (χ1v) is 10.5. The van der Waals surface area contributed by atoms with Gasteiger partial charge in [0.2, 0.25) is 15.9 Å². The van der Waals surface area contributed by atoms with E-state index < -0.39 is 10.0 Å². The predicted octanol–water partition coefficient (Wildman–Crippen LogP) is 2.44. The Morgan fingerprint density at radius 2 is 1.67 bits per heavy atom. The van der Waals surface area contributed by atoms with Crippen LogP contribution in [0.1, 0.15) is 16.7 Å². The van der Waals surface area contributed by atoms with Crippen LogP contribution in [0.15, 0.2) is 42.5 Å². The lowest BCUT2D eigenvalue weighted by Gasteiger charge is -2.25. The SMILES string of the molecule is COc1ccc(CCNC(=O)CN(c2c(C)cccc2C)S(C)(=O)=O)cc1. The van der Waals surface area contributed by atoms with E-state index in [2.05, 4.69) is 5.32 Å². The van der Waals surface area contributed by atoms with E-state index in [4.69, 9.17) is 4.74 Å². The maximum absolute atomic E-state index is 12.3. The number of rotatable bonds is 8. The van der Waals surface area contributed by atoms with Crippen LogP contribution in [0.5, 0.6) is 5.75 Å². The van der Waals surface area contributed by atoms with Crippen LogP contribution in [-0.2, 0) is 21.2 Å². The van der Waals surface area contributed by atoms with Gasteiger partial charge in [-0.15, -0.1) is 0 Å². The number of amides is 1. The van der Waals surface area contributed by atoms with E-state index in [1.165, 1.54) is 4.31 Å². The zero-order valence-electron chi connectivity index (χ0n) is 16.2. The molecule has 2 aromatic carbocycles. The quantitative estimate of drug-likeness (QED) is 0.751. The normalized spacial score (nSPS) is 11.1. The molecule has 0 unspecified atom stereocenters. The van der Waals surface area contributed by atoms with E-state index in [9.17, 15) is 13.2 Å². The zero-order valence-corrected chi connectivity index (χ0v) is 17.0. The van der Waals surface area contributed by atoms with Crippen LogP contribution in [0.3, 0.4) is 0 Å². The van der Waals surface area contributed by atoms with Crippen molar-refractivity contribution in [2.75, 3.05) is 30.8 Å². The maximum Gasteiger partial charge on any atom is 0.240 e. The van der Waals surface area contributed by atoms with Crippen molar-refractivity contribution in [1.82, 2.24) is 5.32 Å². The molecule has 1 N–H and O–H groups in total. The lowest BCUT2D eigenvalue weighted by atomic mass is 10.1. The van der Waals surface area contributed by atoms with Crippen LogP contribution < -0.4 is 14.4 Å². The van der Waals surface area contributed by atoms with Crippen molar-refractivity contribution in [3.05, 3.63) is 59.2 Å². The molecule has 0 aliphatic heterocycles. The number of benzene rings is 2. The lowest BCUT2D eigenvalue weighted by Crippen LogP contribution is -2.41. The van der Waals surface area contributed by atoms with Crippen molar-refractivity contribution in [3.63, 3.8) is 0 Å². The molecule has 0 fully saturated rings. The number of para-hydroxylation sites is 1. The minimum atomic E-state index is -3.58. The number of methoxy groups -OCH3 is 1. The Balaban J connectivity index is 2.02. The van der Waals surface area contributed by atoms with Gasteiger partial charge in [-0.05, 0) is 49.1 Å². The minimum Gasteiger partial charge on any atom is -0.497 e. The maximum atomic E-state index is 12.3. The molecule has 2 aromatic rings. The first-order chi connectivity index (χ1) is 12.7. The van der Waals surface area contributed by atoms with Crippen LogP contribution in [0.25, 0.3) is 0 Å². The second-order valence-electron chi connectivity index (χ2n) is 6.46. The highest BCUT2D eigenvalue weighted by Crippen LogP contribution is 2.26. The zero-order chi connectivity index (χ0) is 20.0. The van der Waals surface area contributed by atoms with E-state index in [-0.39, 0.29) is 12.5 Å². The van der Waals surface area contributed by atoms with Gasteiger partial charge in [0, 0.05) is 6.54 Å². The van der Waals surface area contributed by atoms with Crippen molar-refractivity contribution in [2.24, 2.45) is 0 Å². The summed E-state index contributed by atoms with van der Waals surface area (Å²) in [4.78, 5) is 12.3. The number of nitrogens with zero attached hydrogens (tertiary/aromatic N) is 1. The Morgan fingerprint density at radius 1 is 1.07 bits per heavy atom. The van der Waals surface area contributed by atoms with E-state index in [1.807, 2.05) is 56.3 Å². The number of aryl methyl sites for hydroxylation is 2. The van der Waals surface area contributed by atoms with E-state index in [1.54, 1.807) is 7.11 Å². The second kappa shape index (κ2) is 8.90. The van der Waals surface area contributed by atoms with Gasteiger partial charge in [-0.2, -0.15) is 0 Å².